The van der Waals surface area contributed by atoms with Crippen LogP contribution in [0.5, 0.6) is 5.75 Å². The summed E-state index contributed by atoms with van der Waals surface area (Å²) in [7, 11) is 3.79. The maximum Gasteiger partial charge on any atom is 0.119 e. The van der Waals surface area contributed by atoms with E-state index >= 15 is 0 Å². The molecule has 2 aromatic carbocycles. The van der Waals surface area contributed by atoms with Gasteiger partial charge in [0.15, 0.2) is 0 Å². The average molecular weight is 284 g/mol. The van der Waals surface area contributed by atoms with E-state index < -0.39 is 0 Å². The van der Waals surface area contributed by atoms with Crippen molar-refractivity contribution in [3.63, 3.8) is 0 Å². The van der Waals surface area contributed by atoms with E-state index in [0.29, 0.717) is 0 Å². The van der Waals surface area contributed by atoms with E-state index in [1.165, 1.54) is 16.8 Å². The zero-order valence-electron chi connectivity index (χ0n) is 13.0. The molecule has 0 radical (unpaired) electrons. The lowest BCUT2D eigenvalue weighted by Gasteiger charge is -2.25. The van der Waals surface area contributed by atoms with Gasteiger partial charge in [0.2, 0.25) is 0 Å². The minimum Gasteiger partial charge on any atom is -0.497 e. The minimum atomic E-state index is 0.0777. The summed E-state index contributed by atoms with van der Waals surface area (Å²) in [6.45, 7) is 2.94. The number of benzene rings is 2. The molecule has 2 aromatic rings. The normalized spacial score (nSPS) is 12.0. The second-order valence-corrected chi connectivity index (χ2v) is 5.28. The maximum atomic E-state index is 6.23. The van der Waals surface area contributed by atoms with E-state index in [1.807, 2.05) is 18.2 Å². The quantitative estimate of drug-likeness (QED) is 0.878. The molecular formula is C18H24N2O. The maximum absolute atomic E-state index is 6.23. The third kappa shape index (κ3) is 3.76. The number of nitrogens with two attached hydrogens (primary N) is 1. The lowest BCUT2D eigenvalue weighted by Crippen LogP contribution is -2.20. The van der Waals surface area contributed by atoms with Gasteiger partial charge in [-0.2, -0.15) is 0 Å². The van der Waals surface area contributed by atoms with Crippen molar-refractivity contribution in [1.29, 1.82) is 0 Å². The number of rotatable bonds is 6. The Bertz CT molecular complexity index is 583. The molecule has 0 saturated heterocycles. The van der Waals surface area contributed by atoms with Crippen LogP contribution in [0.25, 0.3) is 0 Å². The summed E-state index contributed by atoms with van der Waals surface area (Å²) in [6, 6.07) is 16.6. The SMILES string of the molecule is CC[C@@H](N)c1ccccc1N(C)Cc1cccc(OC)c1. The van der Waals surface area contributed by atoms with Gasteiger partial charge >= 0.3 is 0 Å². The highest BCUT2D eigenvalue weighted by molar-refractivity contribution is 5.54. The van der Waals surface area contributed by atoms with Crippen LogP contribution in [0.4, 0.5) is 5.69 Å². The highest BCUT2D eigenvalue weighted by atomic mass is 16.5. The summed E-state index contributed by atoms with van der Waals surface area (Å²) in [5.74, 6) is 0.888. The molecule has 0 aliphatic heterocycles. The molecule has 0 spiro atoms. The zero-order chi connectivity index (χ0) is 15.2. The summed E-state index contributed by atoms with van der Waals surface area (Å²) in [4.78, 5) is 2.24. The van der Waals surface area contributed by atoms with Crippen LogP contribution in [-0.2, 0) is 6.54 Å². The minimum absolute atomic E-state index is 0.0777. The van der Waals surface area contributed by atoms with Crippen LogP contribution in [-0.4, -0.2) is 14.2 Å². The summed E-state index contributed by atoms with van der Waals surface area (Å²) in [6.07, 6.45) is 0.935. The number of methoxy groups -OCH3 is 1. The van der Waals surface area contributed by atoms with Gasteiger partial charge in [-0.3, -0.25) is 0 Å². The summed E-state index contributed by atoms with van der Waals surface area (Å²) in [5, 5.41) is 0. The van der Waals surface area contributed by atoms with Crippen LogP contribution < -0.4 is 15.4 Å². The molecule has 1 atom stereocenters. The smallest absolute Gasteiger partial charge is 0.119 e. The molecule has 0 heterocycles. The lowest BCUT2D eigenvalue weighted by molar-refractivity contribution is 0.414. The van der Waals surface area contributed by atoms with Crippen LogP contribution in [0.15, 0.2) is 48.5 Å². The van der Waals surface area contributed by atoms with Crippen LogP contribution >= 0.6 is 0 Å². The van der Waals surface area contributed by atoms with E-state index in [1.54, 1.807) is 7.11 Å². The van der Waals surface area contributed by atoms with E-state index in [2.05, 4.69) is 49.2 Å². The topological polar surface area (TPSA) is 38.5 Å². The average Bonchev–Trinajstić information content (AvgIpc) is 2.54. The van der Waals surface area contributed by atoms with Crippen molar-refractivity contribution in [2.24, 2.45) is 5.73 Å². The molecule has 0 fully saturated rings. The first-order valence-corrected chi connectivity index (χ1v) is 7.34. The number of ether oxygens (including phenoxy) is 1. The van der Waals surface area contributed by atoms with E-state index in [9.17, 15) is 0 Å². The Balaban J connectivity index is 2.22. The molecule has 0 unspecified atom stereocenters. The number of hydrogen-bond donors (Lipinski definition) is 1. The second-order valence-electron chi connectivity index (χ2n) is 5.28. The fourth-order valence-electron chi connectivity index (χ4n) is 2.50. The standard InChI is InChI=1S/C18H24N2O/c1-4-17(19)16-10-5-6-11-18(16)20(2)13-14-8-7-9-15(12-14)21-3/h5-12,17H,4,13,19H2,1-3H3/t17-/m1/s1. The molecule has 0 bridgehead atoms. The first-order chi connectivity index (χ1) is 10.2. The number of nitrogens with zero attached hydrogens (tertiary/aromatic N) is 1. The van der Waals surface area contributed by atoms with Crippen molar-refractivity contribution >= 4 is 5.69 Å². The molecule has 0 saturated carbocycles. The fourth-order valence-corrected chi connectivity index (χ4v) is 2.50. The Morgan fingerprint density at radius 2 is 1.90 bits per heavy atom. The van der Waals surface area contributed by atoms with Gasteiger partial charge < -0.3 is 15.4 Å². The first-order valence-electron chi connectivity index (χ1n) is 7.34. The molecule has 21 heavy (non-hydrogen) atoms. The zero-order valence-corrected chi connectivity index (χ0v) is 13.0. The number of hydrogen-bond acceptors (Lipinski definition) is 3. The second kappa shape index (κ2) is 7.14. The van der Waals surface area contributed by atoms with Gasteiger partial charge in [0.05, 0.1) is 7.11 Å². The van der Waals surface area contributed by atoms with E-state index in [4.69, 9.17) is 10.5 Å². The van der Waals surface area contributed by atoms with Gasteiger partial charge in [0.25, 0.3) is 0 Å². The third-order valence-electron chi connectivity index (χ3n) is 3.74. The predicted octanol–water partition coefficient (Wildman–Crippen LogP) is 3.74. The van der Waals surface area contributed by atoms with Crippen molar-refractivity contribution in [2.75, 3.05) is 19.1 Å². The highest BCUT2D eigenvalue weighted by Crippen LogP contribution is 2.27. The van der Waals surface area contributed by atoms with Crippen LogP contribution in [0.3, 0.4) is 0 Å². The summed E-state index contributed by atoms with van der Waals surface area (Å²) >= 11 is 0. The molecule has 2 rings (SSSR count). The van der Waals surface area contributed by atoms with Gasteiger partial charge in [-0.25, -0.2) is 0 Å². The van der Waals surface area contributed by atoms with Gasteiger partial charge in [0.1, 0.15) is 5.75 Å². The van der Waals surface area contributed by atoms with Crippen molar-refractivity contribution in [3.05, 3.63) is 59.7 Å². The lowest BCUT2D eigenvalue weighted by atomic mass is 10.0. The highest BCUT2D eigenvalue weighted by Gasteiger charge is 2.12. The van der Waals surface area contributed by atoms with Crippen molar-refractivity contribution in [2.45, 2.75) is 25.9 Å². The largest absolute Gasteiger partial charge is 0.497 e. The monoisotopic (exact) mass is 284 g/mol. The summed E-state index contributed by atoms with van der Waals surface area (Å²) in [5.41, 5.74) is 9.83. The Hall–Kier alpha value is -2.00. The Morgan fingerprint density at radius 3 is 2.62 bits per heavy atom. The van der Waals surface area contributed by atoms with E-state index in [-0.39, 0.29) is 6.04 Å². The molecule has 112 valence electrons. The molecule has 0 aromatic heterocycles. The Labute approximate surface area is 127 Å². The van der Waals surface area contributed by atoms with Gasteiger partial charge in [0, 0.05) is 25.3 Å². The van der Waals surface area contributed by atoms with Crippen molar-refractivity contribution in [3.8, 4) is 5.75 Å². The molecule has 2 N–H and O–H groups in total. The number of para-hydroxylation sites is 1. The third-order valence-corrected chi connectivity index (χ3v) is 3.74. The first kappa shape index (κ1) is 15.4. The van der Waals surface area contributed by atoms with Gasteiger partial charge in [-0.15, -0.1) is 0 Å². The molecule has 3 heteroatoms. The van der Waals surface area contributed by atoms with Crippen molar-refractivity contribution < 1.29 is 4.74 Å². The molecule has 3 nitrogen and oxygen atoms in total. The summed E-state index contributed by atoms with van der Waals surface area (Å²) < 4.78 is 5.28. The van der Waals surface area contributed by atoms with Crippen LogP contribution in [0, 0.1) is 0 Å². The molecular weight excluding hydrogens is 260 g/mol. The van der Waals surface area contributed by atoms with Gasteiger partial charge in [-0.05, 0) is 35.7 Å². The fraction of sp³-hybridized carbons (Fsp3) is 0.333. The Kier molecular flexibility index (Phi) is 5.23. The molecule has 0 amide bonds. The van der Waals surface area contributed by atoms with Gasteiger partial charge in [-0.1, -0.05) is 37.3 Å². The Morgan fingerprint density at radius 1 is 1.14 bits per heavy atom. The van der Waals surface area contributed by atoms with Crippen molar-refractivity contribution in [1.82, 2.24) is 0 Å². The number of anilines is 1. The van der Waals surface area contributed by atoms with Crippen LogP contribution in [0.1, 0.15) is 30.5 Å². The van der Waals surface area contributed by atoms with E-state index in [0.717, 1.165) is 18.7 Å². The molecule has 0 aliphatic carbocycles. The van der Waals surface area contributed by atoms with Crippen LogP contribution in [0.2, 0.25) is 0 Å². The predicted molar refractivity (Wildman–Crippen MR) is 88.8 cm³/mol. The molecule has 0 aliphatic rings.